The molecule has 2 heterocycles. The normalized spacial score (nSPS) is 17.2. The van der Waals surface area contributed by atoms with E-state index in [4.69, 9.17) is 14.2 Å². The molecule has 1 fully saturated rings. The maximum atomic E-state index is 13.8. The second-order valence-corrected chi connectivity index (χ2v) is 7.88. The molecule has 2 aromatic carbocycles. The van der Waals surface area contributed by atoms with Gasteiger partial charge in [0.05, 0.1) is 43.3 Å². The van der Waals surface area contributed by atoms with E-state index in [1.165, 1.54) is 0 Å². The van der Waals surface area contributed by atoms with Crippen molar-refractivity contribution in [1.29, 1.82) is 0 Å². The Hall–Kier alpha value is -3.91. The standard InChI is InChI=1S/C27H28N2O6/c1-3-34-26(31)24(21(19-10-6-5-7-11-19)18-28-14-16-33-17-15-28)23-20-12-8-9-13-22(20)29(25(23)30)27(32)35-4-2/h5-13,18H,3-4,14-17H2,1-2H3/b21-18+,24-23+. The molecule has 0 aliphatic carbocycles. The maximum Gasteiger partial charge on any atom is 0.421 e. The third kappa shape index (κ3) is 4.97. The minimum Gasteiger partial charge on any atom is -0.462 e. The van der Waals surface area contributed by atoms with Gasteiger partial charge in [0.2, 0.25) is 0 Å². The molecule has 0 aromatic heterocycles. The molecule has 2 aliphatic heterocycles. The number of benzene rings is 2. The highest BCUT2D eigenvalue weighted by molar-refractivity contribution is 6.43. The number of anilines is 1. The van der Waals surface area contributed by atoms with Crippen LogP contribution in [0, 0.1) is 0 Å². The lowest BCUT2D eigenvalue weighted by molar-refractivity contribution is -0.138. The molecule has 8 nitrogen and oxygen atoms in total. The van der Waals surface area contributed by atoms with Gasteiger partial charge >= 0.3 is 12.1 Å². The van der Waals surface area contributed by atoms with Crippen molar-refractivity contribution in [2.24, 2.45) is 0 Å². The number of hydrogen-bond acceptors (Lipinski definition) is 7. The minimum absolute atomic E-state index is 0.105. The number of rotatable bonds is 6. The first-order valence-electron chi connectivity index (χ1n) is 11.7. The summed E-state index contributed by atoms with van der Waals surface area (Å²) in [6.07, 6.45) is 1.08. The van der Waals surface area contributed by atoms with Crippen LogP contribution in [0.4, 0.5) is 10.5 Å². The van der Waals surface area contributed by atoms with Crippen LogP contribution in [-0.2, 0) is 23.8 Å². The third-order valence-corrected chi connectivity index (χ3v) is 5.72. The lowest BCUT2D eigenvalue weighted by atomic mass is 9.91. The Kier molecular flexibility index (Phi) is 7.62. The minimum atomic E-state index is -0.790. The fraction of sp³-hybridized carbons (Fsp3) is 0.296. The van der Waals surface area contributed by atoms with E-state index in [9.17, 15) is 14.4 Å². The Bertz CT molecular complexity index is 1170. The molecular formula is C27H28N2O6. The van der Waals surface area contributed by atoms with Gasteiger partial charge in [-0.1, -0.05) is 48.5 Å². The van der Waals surface area contributed by atoms with E-state index in [1.54, 1.807) is 38.1 Å². The van der Waals surface area contributed by atoms with Gasteiger partial charge in [-0.15, -0.1) is 0 Å². The number of ether oxygens (including phenoxy) is 3. The van der Waals surface area contributed by atoms with Crippen LogP contribution in [0.15, 0.2) is 66.4 Å². The molecule has 2 aliphatic rings. The summed E-state index contributed by atoms with van der Waals surface area (Å²) >= 11 is 0. The van der Waals surface area contributed by atoms with E-state index in [2.05, 4.69) is 4.90 Å². The summed E-state index contributed by atoms with van der Waals surface area (Å²) in [4.78, 5) is 43.0. The number of amides is 2. The fourth-order valence-electron chi connectivity index (χ4n) is 4.17. The van der Waals surface area contributed by atoms with Crippen molar-refractivity contribution in [3.05, 3.63) is 77.5 Å². The largest absolute Gasteiger partial charge is 0.462 e. The average Bonchev–Trinajstić information content (AvgIpc) is 3.17. The lowest BCUT2D eigenvalue weighted by Gasteiger charge is -2.27. The van der Waals surface area contributed by atoms with Gasteiger partial charge in [0, 0.05) is 30.4 Å². The summed E-state index contributed by atoms with van der Waals surface area (Å²) in [5.74, 6) is -1.27. The third-order valence-electron chi connectivity index (χ3n) is 5.72. The number of esters is 1. The van der Waals surface area contributed by atoms with Gasteiger partial charge in [0.15, 0.2) is 0 Å². The van der Waals surface area contributed by atoms with Gasteiger partial charge in [-0.05, 0) is 25.5 Å². The van der Waals surface area contributed by atoms with Crippen LogP contribution in [0.2, 0.25) is 0 Å². The van der Waals surface area contributed by atoms with Crippen LogP contribution in [0.3, 0.4) is 0 Å². The van der Waals surface area contributed by atoms with Crippen molar-refractivity contribution in [2.45, 2.75) is 13.8 Å². The molecule has 1 saturated heterocycles. The second kappa shape index (κ2) is 11.0. The zero-order valence-corrected chi connectivity index (χ0v) is 19.9. The quantitative estimate of drug-likeness (QED) is 0.462. The average molecular weight is 477 g/mol. The van der Waals surface area contributed by atoms with Gasteiger partial charge in [-0.3, -0.25) is 4.79 Å². The van der Waals surface area contributed by atoms with Crippen LogP contribution in [-0.4, -0.2) is 62.4 Å². The van der Waals surface area contributed by atoms with Gasteiger partial charge < -0.3 is 19.1 Å². The molecule has 2 aromatic rings. The summed E-state index contributed by atoms with van der Waals surface area (Å²) in [5, 5.41) is 0. The molecule has 4 rings (SSSR count). The Morgan fingerprint density at radius 3 is 2.29 bits per heavy atom. The van der Waals surface area contributed by atoms with Crippen molar-refractivity contribution in [1.82, 2.24) is 4.90 Å². The number of imide groups is 1. The number of morpholine rings is 1. The summed E-state index contributed by atoms with van der Waals surface area (Å²) in [6.45, 7) is 6.02. The van der Waals surface area contributed by atoms with Crippen molar-refractivity contribution < 1.29 is 28.6 Å². The van der Waals surface area contributed by atoms with Crippen LogP contribution in [0.1, 0.15) is 25.0 Å². The van der Waals surface area contributed by atoms with E-state index in [0.29, 0.717) is 43.1 Å². The van der Waals surface area contributed by atoms with E-state index < -0.39 is 18.0 Å². The number of carbonyl (C=O) groups excluding carboxylic acids is 3. The Labute approximate surface area is 204 Å². The monoisotopic (exact) mass is 476 g/mol. The van der Waals surface area contributed by atoms with E-state index in [0.717, 1.165) is 10.5 Å². The SMILES string of the molecule is CCOC(=O)C(/C(=C/N1CCOCC1)c1ccccc1)=C1/C(=O)N(C(=O)OCC)c2ccccc21. The molecule has 0 spiro atoms. The maximum absolute atomic E-state index is 13.8. The molecule has 0 saturated carbocycles. The lowest BCUT2D eigenvalue weighted by Crippen LogP contribution is -2.35. The summed E-state index contributed by atoms with van der Waals surface area (Å²) in [7, 11) is 0. The van der Waals surface area contributed by atoms with Crippen LogP contribution < -0.4 is 4.90 Å². The zero-order chi connectivity index (χ0) is 24.8. The summed E-state index contributed by atoms with van der Waals surface area (Å²) < 4.78 is 16.1. The van der Waals surface area contributed by atoms with Crippen LogP contribution in [0.5, 0.6) is 0 Å². The topological polar surface area (TPSA) is 85.4 Å². The van der Waals surface area contributed by atoms with E-state index in [-0.39, 0.29) is 24.4 Å². The molecule has 35 heavy (non-hydrogen) atoms. The Balaban J connectivity index is 1.98. The van der Waals surface area contributed by atoms with Gasteiger partial charge in [0.25, 0.3) is 5.91 Å². The van der Waals surface area contributed by atoms with Crippen molar-refractivity contribution in [3.63, 3.8) is 0 Å². The molecule has 0 bridgehead atoms. The Morgan fingerprint density at radius 2 is 1.60 bits per heavy atom. The first-order valence-corrected chi connectivity index (χ1v) is 11.7. The van der Waals surface area contributed by atoms with Crippen LogP contribution in [0.25, 0.3) is 11.1 Å². The second-order valence-electron chi connectivity index (χ2n) is 7.88. The van der Waals surface area contributed by atoms with Crippen molar-refractivity contribution in [3.8, 4) is 0 Å². The summed E-state index contributed by atoms with van der Waals surface area (Å²) in [6, 6.07) is 16.2. The van der Waals surface area contributed by atoms with E-state index in [1.807, 2.05) is 36.5 Å². The molecule has 8 heteroatoms. The zero-order valence-electron chi connectivity index (χ0n) is 19.9. The number of nitrogens with zero attached hydrogens (tertiary/aromatic N) is 2. The highest BCUT2D eigenvalue weighted by atomic mass is 16.6. The van der Waals surface area contributed by atoms with Gasteiger partial charge in [0.1, 0.15) is 0 Å². The van der Waals surface area contributed by atoms with Gasteiger partial charge in [-0.25, -0.2) is 14.5 Å². The molecule has 0 radical (unpaired) electrons. The number of hydrogen-bond donors (Lipinski definition) is 0. The van der Waals surface area contributed by atoms with Crippen molar-refractivity contribution in [2.75, 3.05) is 44.4 Å². The van der Waals surface area contributed by atoms with Gasteiger partial charge in [-0.2, -0.15) is 0 Å². The van der Waals surface area contributed by atoms with Crippen LogP contribution >= 0.6 is 0 Å². The fourth-order valence-corrected chi connectivity index (χ4v) is 4.17. The smallest absolute Gasteiger partial charge is 0.421 e. The first-order chi connectivity index (χ1) is 17.1. The van der Waals surface area contributed by atoms with E-state index >= 15 is 0 Å². The highest BCUT2D eigenvalue weighted by Crippen LogP contribution is 2.42. The molecule has 0 atom stereocenters. The summed E-state index contributed by atoms with van der Waals surface area (Å²) in [5.41, 5.74) is 2.33. The molecule has 0 unspecified atom stereocenters. The molecule has 182 valence electrons. The predicted molar refractivity (Wildman–Crippen MR) is 131 cm³/mol. The highest BCUT2D eigenvalue weighted by Gasteiger charge is 2.41. The first kappa shape index (κ1) is 24.2. The predicted octanol–water partition coefficient (Wildman–Crippen LogP) is 3.88. The number of para-hydroxylation sites is 1. The molecular weight excluding hydrogens is 448 g/mol. The number of carbonyl (C=O) groups is 3. The molecule has 0 N–H and O–H groups in total. The number of fused-ring (bicyclic) bond motifs is 1. The van der Waals surface area contributed by atoms with Crippen molar-refractivity contribution >= 4 is 34.8 Å². The molecule has 2 amide bonds. The Morgan fingerprint density at radius 1 is 0.943 bits per heavy atom.